The van der Waals surface area contributed by atoms with E-state index in [1.54, 1.807) is 0 Å². The maximum absolute atomic E-state index is 12.5. The third-order valence-corrected chi connectivity index (χ3v) is 6.50. The third kappa shape index (κ3) is 5.77. The number of ether oxygens (including phenoxy) is 1. The SMILES string of the molecule is Cc1nc(C)c(C(OC(C)(C)C)C(=O)O)c(N2CCC(C)(C)CC2)c1-c1ccc(CC#N)cc1. The molecule has 0 bridgehead atoms. The van der Waals surface area contributed by atoms with Crippen LogP contribution in [0.2, 0.25) is 0 Å². The second kappa shape index (κ2) is 9.76. The fourth-order valence-corrected chi connectivity index (χ4v) is 4.64. The number of nitrogens with zero attached hydrogens (tertiary/aromatic N) is 3. The number of hydrogen-bond acceptors (Lipinski definition) is 5. The van der Waals surface area contributed by atoms with E-state index in [2.05, 4.69) is 24.8 Å². The Morgan fingerprint density at radius 1 is 1.18 bits per heavy atom. The van der Waals surface area contributed by atoms with Crippen LogP contribution in [0.5, 0.6) is 0 Å². The zero-order valence-corrected chi connectivity index (χ0v) is 21.5. The van der Waals surface area contributed by atoms with E-state index in [9.17, 15) is 9.90 Å². The first kappa shape index (κ1) is 25.7. The number of nitriles is 1. The highest BCUT2D eigenvalue weighted by atomic mass is 16.5. The molecular formula is C28H37N3O3. The molecule has 0 saturated carbocycles. The van der Waals surface area contributed by atoms with Crippen LogP contribution in [0, 0.1) is 30.6 Å². The van der Waals surface area contributed by atoms with Crippen LogP contribution in [-0.4, -0.2) is 34.8 Å². The molecule has 1 aromatic carbocycles. The van der Waals surface area contributed by atoms with Crippen LogP contribution >= 0.6 is 0 Å². The molecular weight excluding hydrogens is 426 g/mol. The van der Waals surface area contributed by atoms with E-state index < -0.39 is 17.7 Å². The maximum Gasteiger partial charge on any atom is 0.337 e. The van der Waals surface area contributed by atoms with E-state index in [4.69, 9.17) is 15.0 Å². The first-order valence-electron chi connectivity index (χ1n) is 12.0. The molecule has 2 heterocycles. The average Bonchev–Trinajstić information content (AvgIpc) is 2.72. The molecule has 1 aliphatic heterocycles. The third-order valence-electron chi connectivity index (χ3n) is 6.50. The van der Waals surface area contributed by atoms with Gasteiger partial charge in [-0.25, -0.2) is 4.79 Å². The van der Waals surface area contributed by atoms with Crippen LogP contribution in [0.15, 0.2) is 24.3 Å². The molecule has 6 heteroatoms. The van der Waals surface area contributed by atoms with Crippen molar-refractivity contribution in [1.82, 2.24) is 4.98 Å². The number of hydrogen-bond donors (Lipinski definition) is 1. The summed E-state index contributed by atoms with van der Waals surface area (Å²) < 4.78 is 6.12. The predicted molar refractivity (Wildman–Crippen MR) is 135 cm³/mol. The van der Waals surface area contributed by atoms with Gasteiger partial charge in [0.25, 0.3) is 0 Å². The number of carbonyl (C=O) groups is 1. The molecule has 182 valence electrons. The Morgan fingerprint density at radius 2 is 1.76 bits per heavy atom. The molecule has 0 amide bonds. The molecule has 1 N–H and O–H groups in total. The summed E-state index contributed by atoms with van der Waals surface area (Å²) in [6.07, 6.45) is 1.26. The maximum atomic E-state index is 12.5. The van der Waals surface area contributed by atoms with Gasteiger partial charge in [-0.15, -0.1) is 0 Å². The number of pyridine rings is 1. The minimum absolute atomic E-state index is 0.251. The van der Waals surface area contributed by atoms with Gasteiger partial charge in [-0.2, -0.15) is 5.26 Å². The van der Waals surface area contributed by atoms with Gasteiger partial charge in [-0.1, -0.05) is 38.1 Å². The molecule has 1 saturated heterocycles. The summed E-state index contributed by atoms with van der Waals surface area (Å²) in [6, 6.07) is 10.1. The largest absolute Gasteiger partial charge is 0.479 e. The number of carboxylic acid groups (broad SMARTS) is 1. The number of carboxylic acids is 1. The fraction of sp³-hybridized carbons (Fsp3) is 0.536. The lowest BCUT2D eigenvalue weighted by Gasteiger charge is -2.41. The van der Waals surface area contributed by atoms with Gasteiger partial charge in [-0.05, 0) is 64.0 Å². The summed E-state index contributed by atoms with van der Waals surface area (Å²) in [5.74, 6) is -1.02. The van der Waals surface area contributed by atoms with E-state index in [0.29, 0.717) is 17.7 Å². The number of aryl methyl sites for hydroxylation is 2. The first-order chi connectivity index (χ1) is 15.8. The van der Waals surface area contributed by atoms with Crippen molar-refractivity contribution in [3.8, 4) is 17.2 Å². The highest BCUT2D eigenvalue weighted by Gasteiger charge is 2.36. The van der Waals surface area contributed by atoms with Crippen molar-refractivity contribution in [2.24, 2.45) is 5.41 Å². The van der Waals surface area contributed by atoms with Gasteiger partial charge in [0.1, 0.15) is 0 Å². The molecule has 2 aromatic rings. The van der Waals surface area contributed by atoms with Gasteiger partial charge in [0, 0.05) is 35.6 Å². The Hall–Kier alpha value is -2.91. The smallest absolute Gasteiger partial charge is 0.337 e. The molecule has 6 nitrogen and oxygen atoms in total. The Kier molecular flexibility index (Phi) is 7.38. The number of benzene rings is 1. The van der Waals surface area contributed by atoms with Crippen molar-refractivity contribution in [3.05, 3.63) is 46.8 Å². The molecule has 0 spiro atoms. The molecule has 0 aliphatic carbocycles. The van der Waals surface area contributed by atoms with Gasteiger partial charge in [0.2, 0.25) is 0 Å². The van der Waals surface area contributed by atoms with E-state index in [-0.39, 0.29) is 5.41 Å². The standard InChI is InChI=1S/C28H37N3O3/c1-18-22(21-10-8-20(9-11-21)12-15-29)24(31-16-13-28(6,7)14-17-31)23(19(2)30-18)25(26(32)33)34-27(3,4)5/h8-11,25H,12-14,16-17H2,1-7H3,(H,32,33). The van der Waals surface area contributed by atoms with Crippen molar-refractivity contribution < 1.29 is 14.6 Å². The highest BCUT2D eigenvalue weighted by Crippen LogP contribution is 2.44. The van der Waals surface area contributed by atoms with Crippen LogP contribution in [-0.2, 0) is 16.0 Å². The van der Waals surface area contributed by atoms with E-state index >= 15 is 0 Å². The number of anilines is 1. The van der Waals surface area contributed by atoms with Crippen LogP contribution in [0.4, 0.5) is 5.69 Å². The summed E-state index contributed by atoms with van der Waals surface area (Å²) in [5, 5.41) is 19.3. The second-order valence-corrected chi connectivity index (χ2v) is 11.1. The first-order valence-corrected chi connectivity index (χ1v) is 12.0. The molecule has 1 unspecified atom stereocenters. The monoisotopic (exact) mass is 463 g/mol. The summed E-state index contributed by atoms with van der Waals surface area (Å²) in [7, 11) is 0. The fourth-order valence-electron chi connectivity index (χ4n) is 4.64. The van der Waals surface area contributed by atoms with Gasteiger partial charge in [0.05, 0.1) is 23.8 Å². The van der Waals surface area contributed by atoms with Crippen molar-refractivity contribution in [2.45, 2.75) is 79.4 Å². The molecule has 1 atom stereocenters. The molecule has 1 aliphatic rings. The van der Waals surface area contributed by atoms with Crippen LogP contribution in [0.25, 0.3) is 11.1 Å². The minimum atomic E-state index is -1.13. The van der Waals surface area contributed by atoms with E-state index in [1.807, 2.05) is 58.9 Å². The lowest BCUT2D eigenvalue weighted by atomic mass is 9.81. The van der Waals surface area contributed by atoms with E-state index in [0.717, 1.165) is 54.0 Å². The zero-order valence-electron chi connectivity index (χ0n) is 21.5. The minimum Gasteiger partial charge on any atom is -0.479 e. The lowest BCUT2D eigenvalue weighted by molar-refractivity contribution is -0.160. The van der Waals surface area contributed by atoms with Gasteiger partial charge >= 0.3 is 5.97 Å². The Balaban J connectivity index is 2.27. The second-order valence-electron chi connectivity index (χ2n) is 11.1. The Morgan fingerprint density at radius 3 is 2.26 bits per heavy atom. The number of rotatable bonds is 6. The number of aliphatic carboxylic acids is 1. The normalized spacial score (nSPS) is 16.7. The summed E-state index contributed by atoms with van der Waals surface area (Å²) >= 11 is 0. The quantitative estimate of drug-likeness (QED) is 0.565. The summed E-state index contributed by atoms with van der Waals surface area (Å²) in [6.45, 7) is 15.7. The molecule has 1 aromatic heterocycles. The molecule has 0 radical (unpaired) electrons. The number of aromatic nitrogens is 1. The molecule has 3 rings (SSSR count). The Labute approximate surface area is 203 Å². The van der Waals surface area contributed by atoms with Gasteiger partial charge in [0.15, 0.2) is 6.10 Å². The summed E-state index contributed by atoms with van der Waals surface area (Å²) in [4.78, 5) is 19.6. The van der Waals surface area contributed by atoms with Gasteiger partial charge < -0.3 is 14.7 Å². The van der Waals surface area contributed by atoms with Gasteiger partial charge in [-0.3, -0.25) is 4.98 Å². The predicted octanol–water partition coefficient (Wildman–Crippen LogP) is 6.00. The van der Waals surface area contributed by atoms with Crippen molar-refractivity contribution in [2.75, 3.05) is 18.0 Å². The average molecular weight is 464 g/mol. The topological polar surface area (TPSA) is 86.5 Å². The van der Waals surface area contributed by atoms with Crippen molar-refractivity contribution in [3.63, 3.8) is 0 Å². The van der Waals surface area contributed by atoms with Crippen molar-refractivity contribution >= 4 is 11.7 Å². The summed E-state index contributed by atoms with van der Waals surface area (Å²) in [5.41, 5.74) is 5.54. The highest BCUT2D eigenvalue weighted by molar-refractivity contribution is 5.88. The lowest BCUT2D eigenvalue weighted by Crippen LogP contribution is -2.39. The molecule has 34 heavy (non-hydrogen) atoms. The van der Waals surface area contributed by atoms with Crippen molar-refractivity contribution in [1.29, 1.82) is 5.26 Å². The Bertz CT molecular complexity index is 1080. The van der Waals surface area contributed by atoms with Crippen LogP contribution in [0.3, 0.4) is 0 Å². The van der Waals surface area contributed by atoms with E-state index in [1.165, 1.54) is 0 Å². The zero-order chi connectivity index (χ0) is 25.3. The molecule has 1 fully saturated rings. The number of piperidine rings is 1. The van der Waals surface area contributed by atoms with Crippen LogP contribution in [0.1, 0.15) is 76.1 Å². The van der Waals surface area contributed by atoms with Crippen LogP contribution < -0.4 is 4.90 Å².